The van der Waals surface area contributed by atoms with Crippen LogP contribution in [0.5, 0.6) is 0 Å². The van der Waals surface area contributed by atoms with Gasteiger partial charge in [0.25, 0.3) is 0 Å². The Morgan fingerprint density at radius 1 is 1.27 bits per heavy atom. The van der Waals surface area contributed by atoms with Crippen LogP contribution in [0.25, 0.3) is 0 Å². The molecule has 3 heteroatoms. The first-order chi connectivity index (χ1) is 7.11. The van der Waals surface area contributed by atoms with Crippen LogP contribution < -0.4 is 5.32 Å². The minimum Gasteiger partial charge on any atom is -0.380 e. The Morgan fingerprint density at radius 3 is 2.47 bits per heavy atom. The molecule has 0 fully saturated rings. The van der Waals surface area contributed by atoms with Crippen molar-refractivity contribution in [2.75, 3.05) is 33.4 Å². The molecule has 0 aliphatic rings. The number of hydrogen-bond donors (Lipinski definition) is 1. The number of nitrogens with one attached hydrogen (secondary N) is 1. The van der Waals surface area contributed by atoms with Crippen LogP contribution in [0.1, 0.15) is 34.1 Å². The second kappa shape index (κ2) is 9.13. The molecule has 0 heterocycles. The van der Waals surface area contributed by atoms with Crippen LogP contribution in [0.3, 0.4) is 0 Å². The van der Waals surface area contributed by atoms with Crippen molar-refractivity contribution in [2.24, 2.45) is 0 Å². The van der Waals surface area contributed by atoms with Gasteiger partial charge in [-0.05, 0) is 34.2 Å². The average Bonchev–Trinajstić information content (AvgIpc) is 2.24. The van der Waals surface area contributed by atoms with E-state index in [9.17, 15) is 0 Å². The molecule has 2 unspecified atom stereocenters. The van der Waals surface area contributed by atoms with E-state index >= 15 is 0 Å². The van der Waals surface area contributed by atoms with Gasteiger partial charge in [-0.3, -0.25) is 0 Å². The van der Waals surface area contributed by atoms with Gasteiger partial charge in [-0.25, -0.2) is 0 Å². The predicted molar refractivity (Wildman–Crippen MR) is 66.3 cm³/mol. The van der Waals surface area contributed by atoms with Gasteiger partial charge in [0.2, 0.25) is 0 Å². The van der Waals surface area contributed by atoms with Crippen molar-refractivity contribution in [2.45, 2.75) is 46.2 Å². The SMILES string of the molecule is CCOCC(C)NCCN(C)C(C)CC. The number of hydrogen-bond acceptors (Lipinski definition) is 3. The van der Waals surface area contributed by atoms with E-state index in [-0.39, 0.29) is 0 Å². The highest BCUT2D eigenvalue weighted by molar-refractivity contribution is 4.65. The van der Waals surface area contributed by atoms with Crippen molar-refractivity contribution in [1.29, 1.82) is 0 Å². The van der Waals surface area contributed by atoms with E-state index in [2.05, 4.69) is 38.0 Å². The lowest BCUT2D eigenvalue weighted by Crippen LogP contribution is -2.39. The summed E-state index contributed by atoms with van der Waals surface area (Å²) < 4.78 is 5.35. The van der Waals surface area contributed by atoms with Crippen molar-refractivity contribution < 1.29 is 4.74 Å². The van der Waals surface area contributed by atoms with Gasteiger partial charge in [0.15, 0.2) is 0 Å². The smallest absolute Gasteiger partial charge is 0.0616 e. The van der Waals surface area contributed by atoms with Crippen LogP contribution in [0.2, 0.25) is 0 Å². The molecule has 0 spiro atoms. The normalized spacial score (nSPS) is 15.6. The molecular weight excluding hydrogens is 188 g/mol. The van der Waals surface area contributed by atoms with E-state index in [1.165, 1.54) is 6.42 Å². The molecule has 92 valence electrons. The van der Waals surface area contributed by atoms with Crippen LogP contribution in [0, 0.1) is 0 Å². The summed E-state index contributed by atoms with van der Waals surface area (Å²) in [4.78, 5) is 2.39. The Kier molecular flexibility index (Phi) is 9.06. The summed E-state index contributed by atoms with van der Waals surface area (Å²) in [6.07, 6.45) is 1.21. The van der Waals surface area contributed by atoms with E-state index in [1.807, 2.05) is 6.92 Å². The zero-order valence-corrected chi connectivity index (χ0v) is 11.0. The first-order valence-corrected chi connectivity index (χ1v) is 6.13. The zero-order valence-electron chi connectivity index (χ0n) is 11.0. The molecule has 0 amide bonds. The summed E-state index contributed by atoms with van der Waals surface area (Å²) in [7, 11) is 2.18. The summed E-state index contributed by atoms with van der Waals surface area (Å²) in [6.45, 7) is 12.4. The van der Waals surface area contributed by atoms with Gasteiger partial charge in [0.05, 0.1) is 6.61 Å². The first-order valence-electron chi connectivity index (χ1n) is 6.13. The third-order valence-corrected chi connectivity index (χ3v) is 2.87. The summed E-state index contributed by atoms with van der Waals surface area (Å²) in [6, 6.07) is 1.13. The average molecular weight is 216 g/mol. The van der Waals surface area contributed by atoms with Gasteiger partial charge < -0.3 is 15.0 Å². The molecule has 0 aromatic heterocycles. The Balaban J connectivity index is 3.43. The summed E-state index contributed by atoms with van der Waals surface area (Å²) in [5.41, 5.74) is 0. The van der Waals surface area contributed by atoms with Crippen molar-refractivity contribution in [1.82, 2.24) is 10.2 Å². The number of likely N-dealkylation sites (N-methyl/N-ethyl adjacent to an activating group) is 1. The van der Waals surface area contributed by atoms with E-state index in [1.54, 1.807) is 0 Å². The maximum Gasteiger partial charge on any atom is 0.0616 e. The quantitative estimate of drug-likeness (QED) is 0.635. The van der Waals surface area contributed by atoms with Gasteiger partial charge >= 0.3 is 0 Å². The highest BCUT2D eigenvalue weighted by Gasteiger charge is 2.06. The fourth-order valence-corrected chi connectivity index (χ4v) is 1.37. The van der Waals surface area contributed by atoms with Crippen LogP contribution in [0.4, 0.5) is 0 Å². The van der Waals surface area contributed by atoms with Crippen molar-refractivity contribution >= 4 is 0 Å². The molecular formula is C12H28N2O. The second-order valence-electron chi connectivity index (χ2n) is 4.25. The number of rotatable bonds is 9. The highest BCUT2D eigenvalue weighted by atomic mass is 16.5. The maximum atomic E-state index is 5.35. The van der Waals surface area contributed by atoms with Crippen LogP contribution in [0.15, 0.2) is 0 Å². The largest absolute Gasteiger partial charge is 0.380 e. The summed E-state index contributed by atoms with van der Waals surface area (Å²) in [5, 5.41) is 3.46. The van der Waals surface area contributed by atoms with Crippen molar-refractivity contribution in [3.05, 3.63) is 0 Å². The molecule has 0 aliphatic heterocycles. The lowest BCUT2D eigenvalue weighted by atomic mass is 10.2. The fraction of sp³-hybridized carbons (Fsp3) is 1.00. The Bertz CT molecular complexity index is 142. The van der Waals surface area contributed by atoms with Gasteiger partial charge in [-0.1, -0.05) is 6.92 Å². The number of nitrogens with zero attached hydrogens (tertiary/aromatic N) is 1. The molecule has 0 saturated carbocycles. The fourth-order valence-electron chi connectivity index (χ4n) is 1.37. The predicted octanol–water partition coefficient (Wildman–Crippen LogP) is 1.73. The second-order valence-corrected chi connectivity index (χ2v) is 4.25. The summed E-state index contributed by atoms with van der Waals surface area (Å²) in [5.74, 6) is 0. The third kappa shape index (κ3) is 7.77. The van der Waals surface area contributed by atoms with Crippen molar-refractivity contribution in [3.63, 3.8) is 0 Å². The zero-order chi connectivity index (χ0) is 11.7. The Morgan fingerprint density at radius 2 is 1.93 bits per heavy atom. The van der Waals surface area contributed by atoms with E-state index < -0.39 is 0 Å². The maximum absolute atomic E-state index is 5.35. The molecule has 15 heavy (non-hydrogen) atoms. The Hall–Kier alpha value is -0.120. The van der Waals surface area contributed by atoms with Crippen LogP contribution in [-0.4, -0.2) is 50.3 Å². The molecule has 0 saturated heterocycles. The third-order valence-electron chi connectivity index (χ3n) is 2.87. The molecule has 0 radical (unpaired) electrons. The molecule has 0 aromatic rings. The van der Waals surface area contributed by atoms with Gasteiger partial charge in [0.1, 0.15) is 0 Å². The molecule has 0 aromatic carbocycles. The molecule has 0 aliphatic carbocycles. The van der Waals surface area contributed by atoms with Gasteiger partial charge in [-0.2, -0.15) is 0 Å². The van der Waals surface area contributed by atoms with Gasteiger partial charge in [0, 0.05) is 31.8 Å². The van der Waals surface area contributed by atoms with E-state index in [0.717, 1.165) is 26.3 Å². The van der Waals surface area contributed by atoms with Crippen LogP contribution in [-0.2, 0) is 4.74 Å². The highest BCUT2D eigenvalue weighted by Crippen LogP contribution is 1.98. The number of ether oxygens (including phenoxy) is 1. The topological polar surface area (TPSA) is 24.5 Å². The minimum atomic E-state index is 0.454. The lowest BCUT2D eigenvalue weighted by Gasteiger charge is -2.24. The van der Waals surface area contributed by atoms with Crippen LogP contribution >= 0.6 is 0 Å². The standard InChI is InChI=1S/C12H28N2O/c1-6-12(4)14(5)9-8-13-11(3)10-15-7-2/h11-13H,6-10H2,1-5H3. The molecule has 1 N–H and O–H groups in total. The van der Waals surface area contributed by atoms with Crippen molar-refractivity contribution in [3.8, 4) is 0 Å². The van der Waals surface area contributed by atoms with Gasteiger partial charge in [-0.15, -0.1) is 0 Å². The first kappa shape index (κ1) is 14.9. The molecule has 3 nitrogen and oxygen atoms in total. The summed E-state index contributed by atoms with van der Waals surface area (Å²) >= 11 is 0. The molecule has 0 rings (SSSR count). The monoisotopic (exact) mass is 216 g/mol. The Labute approximate surface area is 95.2 Å². The minimum absolute atomic E-state index is 0.454. The molecule has 2 atom stereocenters. The molecule has 0 bridgehead atoms. The lowest BCUT2D eigenvalue weighted by molar-refractivity contribution is 0.125. The van der Waals surface area contributed by atoms with E-state index in [4.69, 9.17) is 4.74 Å². The van der Waals surface area contributed by atoms with E-state index in [0.29, 0.717) is 12.1 Å².